The highest BCUT2D eigenvalue weighted by Crippen LogP contribution is 2.25. The van der Waals surface area contributed by atoms with E-state index >= 15 is 0 Å². The molecule has 0 radical (unpaired) electrons. The number of aromatic nitrogens is 2. The van der Waals surface area contributed by atoms with E-state index in [1.165, 1.54) is 34.6 Å². The van der Waals surface area contributed by atoms with Crippen LogP contribution in [-0.4, -0.2) is 63.5 Å². The number of morpholine rings is 1. The minimum atomic E-state index is -4.13. The summed E-state index contributed by atoms with van der Waals surface area (Å²) in [6.45, 7) is 1.14. The highest BCUT2D eigenvalue weighted by molar-refractivity contribution is 7.94. The SMILES string of the molecule is O=C(Nc1nnc(S(=O)(=O)Nc2ccc(S(=O)(=O)N3CCOCC3)cc2)s1)c1ccccc1Cl. The molecular weight excluding hydrogens is 526 g/mol. The average molecular weight is 544 g/mol. The normalized spacial score (nSPS) is 15.1. The van der Waals surface area contributed by atoms with Crippen LogP contribution in [0.5, 0.6) is 0 Å². The Balaban J connectivity index is 1.45. The molecule has 11 nitrogen and oxygen atoms in total. The van der Waals surface area contributed by atoms with Gasteiger partial charge in [-0.2, -0.15) is 12.7 Å². The molecular formula is C19H18ClN5O6S3. The molecule has 15 heteroatoms. The van der Waals surface area contributed by atoms with Crippen LogP contribution in [0.3, 0.4) is 0 Å². The Morgan fingerprint density at radius 3 is 2.35 bits per heavy atom. The number of benzene rings is 2. The first-order valence-electron chi connectivity index (χ1n) is 9.77. The number of hydrogen-bond acceptors (Lipinski definition) is 9. The lowest BCUT2D eigenvalue weighted by Crippen LogP contribution is -2.40. The third-order valence-corrected chi connectivity index (χ3v) is 9.52. The Morgan fingerprint density at radius 1 is 1.00 bits per heavy atom. The minimum absolute atomic E-state index is 0.0303. The fourth-order valence-electron chi connectivity index (χ4n) is 3.01. The van der Waals surface area contributed by atoms with Gasteiger partial charge in [0.1, 0.15) is 0 Å². The molecule has 180 valence electrons. The maximum absolute atomic E-state index is 12.7. The molecule has 0 saturated carbocycles. The average Bonchev–Trinajstić information content (AvgIpc) is 3.29. The van der Waals surface area contributed by atoms with Crippen molar-refractivity contribution in [2.45, 2.75) is 9.24 Å². The first-order valence-corrected chi connectivity index (χ1v) is 13.9. The molecule has 4 rings (SSSR count). The molecule has 0 unspecified atom stereocenters. The highest BCUT2D eigenvalue weighted by Gasteiger charge is 2.27. The van der Waals surface area contributed by atoms with Gasteiger partial charge in [0.15, 0.2) is 0 Å². The van der Waals surface area contributed by atoms with Gasteiger partial charge in [0, 0.05) is 18.8 Å². The van der Waals surface area contributed by atoms with Gasteiger partial charge in [0.25, 0.3) is 20.3 Å². The van der Waals surface area contributed by atoms with E-state index in [0.29, 0.717) is 24.6 Å². The Bertz CT molecular complexity index is 1400. The predicted molar refractivity (Wildman–Crippen MR) is 126 cm³/mol. The second kappa shape index (κ2) is 9.93. The Kier molecular flexibility index (Phi) is 7.16. The van der Waals surface area contributed by atoms with Crippen LogP contribution in [0.25, 0.3) is 0 Å². The van der Waals surface area contributed by atoms with Crippen molar-refractivity contribution in [1.82, 2.24) is 14.5 Å². The molecule has 0 spiro atoms. The summed E-state index contributed by atoms with van der Waals surface area (Å²) in [5, 5.41) is 9.99. The van der Waals surface area contributed by atoms with Gasteiger partial charge in [-0.15, -0.1) is 10.2 Å². The number of anilines is 2. The number of sulfonamides is 2. The summed E-state index contributed by atoms with van der Waals surface area (Å²) in [5.41, 5.74) is 0.340. The number of rotatable bonds is 7. The fraction of sp³-hybridized carbons (Fsp3) is 0.211. The van der Waals surface area contributed by atoms with E-state index in [1.54, 1.807) is 18.2 Å². The molecule has 3 aromatic rings. The monoisotopic (exact) mass is 543 g/mol. The molecule has 1 fully saturated rings. The van der Waals surface area contributed by atoms with Crippen LogP contribution in [0.1, 0.15) is 10.4 Å². The molecule has 1 amide bonds. The molecule has 2 aromatic carbocycles. The van der Waals surface area contributed by atoms with Gasteiger partial charge < -0.3 is 4.74 Å². The molecule has 0 aliphatic carbocycles. The Hall–Kier alpha value is -2.62. The van der Waals surface area contributed by atoms with Crippen molar-refractivity contribution in [3.8, 4) is 0 Å². The first-order chi connectivity index (χ1) is 16.2. The molecule has 0 atom stereocenters. The van der Waals surface area contributed by atoms with Crippen LogP contribution in [0, 0.1) is 0 Å². The van der Waals surface area contributed by atoms with Gasteiger partial charge in [-0.25, -0.2) is 8.42 Å². The molecule has 1 aliphatic rings. The largest absolute Gasteiger partial charge is 0.379 e. The van der Waals surface area contributed by atoms with Gasteiger partial charge >= 0.3 is 0 Å². The number of ether oxygens (including phenoxy) is 1. The summed E-state index contributed by atoms with van der Waals surface area (Å²) < 4.78 is 59.2. The van der Waals surface area contributed by atoms with E-state index in [4.69, 9.17) is 16.3 Å². The lowest BCUT2D eigenvalue weighted by Gasteiger charge is -2.26. The quantitative estimate of drug-likeness (QED) is 0.431. The summed E-state index contributed by atoms with van der Waals surface area (Å²) in [4.78, 5) is 12.4. The Labute approximate surface area is 204 Å². The van der Waals surface area contributed by atoms with Crippen molar-refractivity contribution in [2.75, 3.05) is 36.3 Å². The van der Waals surface area contributed by atoms with Crippen LogP contribution in [0.15, 0.2) is 57.8 Å². The molecule has 2 heterocycles. The van der Waals surface area contributed by atoms with Crippen LogP contribution in [-0.2, 0) is 24.8 Å². The number of nitrogens with one attached hydrogen (secondary N) is 2. The number of nitrogens with zero attached hydrogens (tertiary/aromatic N) is 3. The zero-order chi connectivity index (χ0) is 24.3. The molecule has 1 aliphatic heterocycles. The van der Waals surface area contributed by atoms with Crippen molar-refractivity contribution in [3.05, 3.63) is 59.1 Å². The molecule has 1 aromatic heterocycles. The van der Waals surface area contributed by atoms with E-state index < -0.39 is 26.0 Å². The molecule has 0 bridgehead atoms. The summed E-state index contributed by atoms with van der Waals surface area (Å²) in [5.74, 6) is -0.560. The zero-order valence-corrected chi connectivity index (χ0v) is 20.5. The van der Waals surface area contributed by atoms with E-state index in [0.717, 1.165) is 0 Å². The van der Waals surface area contributed by atoms with Gasteiger partial charge in [0.05, 0.1) is 28.7 Å². The molecule has 34 heavy (non-hydrogen) atoms. The Morgan fingerprint density at radius 2 is 1.68 bits per heavy atom. The van der Waals surface area contributed by atoms with Gasteiger partial charge in [-0.05, 0) is 36.4 Å². The van der Waals surface area contributed by atoms with Crippen LogP contribution < -0.4 is 10.0 Å². The standard InChI is InChI=1S/C19H18ClN5O6S3/c20-16-4-2-1-3-15(16)17(26)21-18-22-23-19(32-18)33(27,28)24-13-5-7-14(8-6-13)34(29,30)25-9-11-31-12-10-25/h1-8,24H,9-12H2,(H,21,22,26). The predicted octanol–water partition coefficient (Wildman–Crippen LogP) is 2.27. The minimum Gasteiger partial charge on any atom is -0.379 e. The summed E-state index contributed by atoms with van der Waals surface area (Å²) in [7, 11) is -7.83. The number of carbonyl (C=O) groups excluding carboxylic acids is 1. The van der Waals surface area contributed by atoms with E-state index in [1.807, 2.05) is 0 Å². The van der Waals surface area contributed by atoms with Crippen molar-refractivity contribution >= 4 is 59.7 Å². The van der Waals surface area contributed by atoms with Crippen molar-refractivity contribution in [2.24, 2.45) is 0 Å². The van der Waals surface area contributed by atoms with E-state index in [9.17, 15) is 21.6 Å². The van der Waals surface area contributed by atoms with Crippen LogP contribution >= 0.6 is 22.9 Å². The lowest BCUT2D eigenvalue weighted by atomic mass is 10.2. The third-order valence-electron chi connectivity index (χ3n) is 4.69. The zero-order valence-electron chi connectivity index (χ0n) is 17.3. The number of carbonyl (C=O) groups is 1. The first kappa shape index (κ1) is 24.5. The van der Waals surface area contributed by atoms with Crippen molar-refractivity contribution in [3.63, 3.8) is 0 Å². The molecule has 1 saturated heterocycles. The molecule has 2 N–H and O–H groups in total. The number of halogens is 1. The number of amides is 1. The third kappa shape index (κ3) is 5.37. The van der Waals surface area contributed by atoms with Gasteiger partial charge in [-0.1, -0.05) is 35.1 Å². The van der Waals surface area contributed by atoms with E-state index in [2.05, 4.69) is 20.2 Å². The summed E-state index contributed by atoms with van der Waals surface area (Å²) in [6, 6.07) is 11.7. The fourth-order valence-corrected chi connectivity index (χ4v) is 6.59. The van der Waals surface area contributed by atoms with Crippen molar-refractivity contribution in [1.29, 1.82) is 0 Å². The van der Waals surface area contributed by atoms with Crippen LogP contribution in [0.4, 0.5) is 10.8 Å². The van der Waals surface area contributed by atoms with Gasteiger partial charge in [0.2, 0.25) is 15.2 Å². The maximum atomic E-state index is 12.7. The highest BCUT2D eigenvalue weighted by atomic mass is 35.5. The van der Waals surface area contributed by atoms with Crippen LogP contribution in [0.2, 0.25) is 5.02 Å². The summed E-state index contributed by atoms with van der Waals surface area (Å²) in [6.07, 6.45) is 0. The van der Waals surface area contributed by atoms with Crippen molar-refractivity contribution < 1.29 is 26.4 Å². The second-order valence-corrected chi connectivity index (χ2v) is 12.1. The topological polar surface area (TPSA) is 148 Å². The second-order valence-electron chi connectivity index (χ2n) is 6.95. The number of hydrogen-bond donors (Lipinski definition) is 2. The lowest BCUT2D eigenvalue weighted by molar-refractivity contribution is 0.0730. The maximum Gasteiger partial charge on any atom is 0.291 e. The summed E-state index contributed by atoms with van der Waals surface area (Å²) >= 11 is 6.64. The smallest absolute Gasteiger partial charge is 0.291 e. The van der Waals surface area contributed by atoms with E-state index in [-0.39, 0.29) is 43.7 Å². The van der Waals surface area contributed by atoms with Gasteiger partial charge in [-0.3, -0.25) is 14.8 Å².